The summed E-state index contributed by atoms with van der Waals surface area (Å²) >= 11 is 5.95. The van der Waals surface area contributed by atoms with Crippen LogP contribution < -0.4 is 0 Å². The van der Waals surface area contributed by atoms with Gasteiger partial charge in [-0.25, -0.2) is 4.39 Å². The Morgan fingerprint density at radius 3 is 2.62 bits per heavy atom. The minimum atomic E-state index is -0.295. The van der Waals surface area contributed by atoms with E-state index in [0.717, 1.165) is 0 Å². The van der Waals surface area contributed by atoms with Crippen LogP contribution in [0.5, 0.6) is 0 Å². The van der Waals surface area contributed by atoms with Crippen molar-refractivity contribution in [3.63, 3.8) is 0 Å². The second-order valence-electron chi connectivity index (χ2n) is 3.99. The molecule has 0 heterocycles. The number of hydrogen-bond acceptors (Lipinski definition) is 2. The van der Waals surface area contributed by atoms with E-state index in [0.29, 0.717) is 23.7 Å². The lowest BCUT2D eigenvalue weighted by Gasteiger charge is -2.26. The Hall–Kier alpha value is -0.640. The number of hydrogen-bond donors (Lipinski definition) is 1. The van der Waals surface area contributed by atoms with Gasteiger partial charge in [-0.2, -0.15) is 0 Å². The van der Waals surface area contributed by atoms with Gasteiger partial charge in [0, 0.05) is 29.7 Å². The number of halogens is 2. The molecule has 0 aliphatic heterocycles. The number of rotatable bonds is 5. The normalized spacial score (nSPS) is 11.4. The van der Waals surface area contributed by atoms with Crippen molar-refractivity contribution in [1.29, 1.82) is 0 Å². The van der Waals surface area contributed by atoms with E-state index in [1.807, 2.05) is 18.7 Å². The van der Waals surface area contributed by atoms with Crippen molar-refractivity contribution in [1.82, 2.24) is 4.90 Å². The number of benzene rings is 1. The maximum absolute atomic E-state index is 13.5. The first-order chi connectivity index (χ1) is 7.56. The van der Waals surface area contributed by atoms with Crippen molar-refractivity contribution < 1.29 is 9.50 Å². The van der Waals surface area contributed by atoms with Gasteiger partial charge in [0.05, 0.1) is 6.61 Å². The number of nitrogens with zero attached hydrogens (tertiary/aromatic N) is 1. The van der Waals surface area contributed by atoms with Crippen molar-refractivity contribution in [3.8, 4) is 0 Å². The maximum Gasteiger partial charge on any atom is 0.129 e. The number of aliphatic hydroxyl groups excluding tert-OH is 1. The lowest BCUT2D eigenvalue weighted by Crippen LogP contribution is -2.33. The molecule has 0 fully saturated rings. The summed E-state index contributed by atoms with van der Waals surface area (Å²) in [5.74, 6) is -0.295. The summed E-state index contributed by atoms with van der Waals surface area (Å²) < 4.78 is 13.5. The third kappa shape index (κ3) is 3.44. The summed E-state index contributed by atoms with van der Waals surface area (Å²) in [6.07, 6.45) is 0. The molecule has 0 spiro atoms. The van der Waals surface area contributed by atoms with Crippen LogP contribution in [0.4, 0.5) is 4.39 Å². The maximum atomic E-state index is 13.5. The fourth-order valence-electron chi connectivity index (χ4n) is 1.53. The van der Waals surface area contributed by atoms with E-state index < -0.39 is 0 Å². The van der Waals surface area contributed by atoms with Gasteiger partial charge in [-0.1, -0.05) is 17.7 Å². The van der Waals surface area contributed by atoms with Crippen molar-refractivity contribution in [3.05, 3.63) is 34.6 Å². The van der Waals surface area contributed by atoms with Crippen LogP contribution >= 0.6 is 11.6 Å². The van der Waals surface area contributed by atoms with Gasteiger partial charge in [-0.3, -0.25) is 4.90 Å². The minimum absolute atomic E-state index is 0.0598. The minimum Gasteiger partial charge on any atom is -0.395 e. The van der Waals surface area contributed by atoms with E-state index in [4.69, 9.17) is 16.7 Å². The van der Waals surface area contributed by atoms with Gasteiger partial charge in [-0.05, 0) is 26.0 Å². The molecule has 0 aromatic heterocycles. The molecule has 1 aromatic carbocycles. The summed E-state index contributed by atoms with van der Waals surface area (Å²) in [4.78, 5) is 1.98. The van der Waals surface area contributed by atoms with Crippen LogP contribution in [0.15, 0.2) is 18.2 Å². The zero-order valence-corrected chi connectivity index (χ0v) is 10.3. The zero-order chi connectivity index (χ0) is 12.1. The Morgan fingerprint density at radius 2 is 2.12 bits per heavy atom. The molecule has 1 rings (SSSR count). The average molecular weight is 246 g/mol. The molecule has 0 radical (unpaired) electrons. The first kappa shape index (κ1) is 13.4. The third-order valence-corrected chi connectivity index (χ3v) is 2.89. The van der Waals surface area contributed by atoms with Gasteiger partial charge in [0.25, 0.3) is 0 Å². The van der Waals surface area contributed by atoms with E-state index in [2.05, 4.69) is 0 Å². The second-order valence-corrected chi connectivity index (χ2v) is 4.40. The largest absolute Gasteiger partial charge is 0.395 e. The summed E-state index contributed by atoms with van der Waals surface area (Å²) in [5, 5.41) is 9.37. The Labute approximate surface area is 101 Å². The second kappa shape index (κ2) is 6.18. The highest BCUT2D eigenvalue weighted by Gasteiger charge is 2.14. The molecule has 0 saturated carbocycles. The van der Waals surface area contributed by atoms with E-state index in [-0.39, 0.29) is 18.5 Å². The Morgan fingerprint density at radius 1 is 1.44 bits per heavy atom. The molecule has 0 aliphatic carbocycles. The summed E-state index contributed by atoms with van der Waals surface area (Å²) in [6.45, 7) is 5.01. The Balaban J connectivity index is 2.84. The fourth-order valence-corrected chi connectivity index (χ4v) is 1.76. The smallest absolute Gasteiger partial charge is 0.129 e. The van der Waals surface area contributed by atoms with Gasteiger partial charge in [0.2, 0.25) is 0 Å². The molecule has 0 saturated heterocycles. The summed E-state index contributed by atoms with van der Waals surface area (Å²) in [6, 6.07) is 4.91. The lowest BCUT2D eigenvalue weighted by molar-refractivity contribution is 0.158. The molecule has 4 heteroatoms. The van der Waals surface area contributed by atoms with Gasteiger partial charge >= 0.3 is 0 Å². The highest BCUT2D eigenvalue weighted by atomic mass is 35.5. The zero-order valence-electron chi connectivity index (χ0n) is 9.58. The molecule has 0 aliphatic rings. The van der Waals surface area contributed by atoms with Crippen LogP contribution in [0.25, 0.3) is 0 Å². The van der Waals surface area contributed by atoms with Crippen LogP contribution in [-0.2, 0) is 6.54 Å². The van der Waals surface area contributed by atoms with Crippen LogP contribution in [0.2, 0.25) is 5.02 Å². The topological polar surface area (TPSA) is 23.5 Å². The van der Waals surface area contributed by atoms with Gasteiger partial charge < -0.3 is 5.11 Å². The highest BCUT2D eigenvalue weighted by Crippen LogP contribution is 2.21. The van der Waals surface area contributed by atoms with Crippen LogP contribution in [0.3, 0.4) is 0 Å². The molecule has 0 atom stereocenters. The summed E-state index contributed by atoms with van der Waals surface area (Å²) in [7, 11) is 0. The van der Waals surface area contributed by atoms with E-state index >= 15 is 0 Å². The quantitative estimate of drug-likeness (QED) is 0.862. The predicted molar refractivity (Wildman–Crippen MR) is 64.0 cm³/mol. The van der Waals surface area contributed by atoms with Crippen molar-refractivity contribution in [2.24, 2.45) is 0 Å². The van der Waals surface area contributed by atoms with Gasteiger partial charge in [0.15, 0.2) is 0 Å². The first-order valence-electron chi connectivity index (χ1n) is 5.34. The molecule has 0 bridgehead atoms. The SMILES string of the molecule is CC(C)N(CCO)Cc1c(F)cccc1Cl. The van der Waals surface area contributed by atoms with E-state index in [9.17, 15) is 4.39 Å². The highest BCUT2D eigenvalue weighted by molar-refractivity contribution is 6.31. The van der Waals surface area contributed by atoms with Crippen molar-refractivity contribution in [2.45, 2.75) is 26.4 Å². The van der Waals surface area contributed by atoms with Gasteiger partial charge in [-0.15, -0.1) is 0 Å². The van der Waals surface area contributed by atoms with Crippen LogP contribution in [-0.4, -0.2) is 29.2 Å². The predicted octanol–water partition coefficient (Wildman–Crippen LogP) is 2.68. The molecule has 1 aromatic rings. The molecular weight excluding hydrogens is 229 g/mol. The van der Waals surface area contributed by atoms with Gasteiger partial charge in [0.1, 0.15) is 5.82 Å². The average Bonchev–Trinajstić information content (AvgIpc) is 2.21. The number of aliphatic hydroxyl groups is 1. The van der Waals surface area contributed by atoms with Crippen molar-refractivity contribution in [2.75, 3.05) is 13.2 Å². The van der Waals surface area contributed by atoms with E-state index in [1.54, 1.807) is 12.1 Å². The molecule has 1 N–H and O–H groups in total. The Bertz CT molecular complexity index is 324. The van der Waals surface area contributed by atoms with Crippen molar-refractivity contribution >= 4 is 11.6 Å². The fraction of sp³-hybridized carbons (Fsp3) is 0.500. The molecular formula is C12H17ClFNO. The molecule has 90 valence electrons. The van der Waals surface area contributed by atoms with Crippen LogP contribution in [0, 0.1) is 5.82 Å². The third-order valence-electron chi connectivity index (χ3n) is 2.54. The molecule has 16 heavy (non-hydrogen) atoms. The first-order valence-corrected chi connectivity index (χ1v) is 5.72. The lowest BCUT2D eigenvalue weighted by atomic mass is 10.1. The Kier molecular flexibility index (Phi) is 5.19. The molecule has 0 amide bonds. The molecule has 2 nitrogen and oxygen atoms in total. The van der Waals surface area contributed by atoms with E-state index in [1.165, 1.54) is 6.07 Å². The molecule has 0 unspecified atom stereocenters. The van der Waals surface area contributed by atoms with Crippen LogP contribution in [0.1, 0.15) is 19.4 Å². The standard InChI is InChI=1S/C12H17ClFNO/c1-9(2)15(6-7-16)8-10-11(13)4-3-5-12(10)14/h3-5,9,16H,6-8H2,1-2H3. The monoisotopic (exact) mass is 245 g/mol. The summed E-state index contributed by atoms with van der Waals surface area (Å²) in [5.41, 5.74) is 0.492.